The Morgan fingerprint density at radius 2 is 1.85 bits per heavy atom. The second-order valence-electron chi connectivity index (χ2n) is 6.06. The van der Waals surface area contributed by atoms with Crippen LogP contribution in [0.3, 0.4) is 0 Å². The molecule has 20 heavy (non-hydrogen) atoms. The molecule has 1 aromatic rings. The number of aldehydes is 1. The molecular formula is C16H19NO3. The fourth-order valence-electron chi connectivity index (χ4n) is 2.66. The van der Waals surface area contributed by atoms with Crippen molar-refractivity contribution < 1.29 is 14.4 Å². The molecule has 106 valence electrons. The molecule has 0 radical (unpaired) electrons. The van der Waals surface area contributed by atoms with E-state index in [9.17, 15) is 14.4 Å². The van der Waals surface area contributed by atoms with Crippen LogP contribution in [0.2, 0.25) is 0 Å². The van der Waals surface area contributed by atoms with Gasteiger partial charge in [-0.2, -0.15) is 0 Å². The van der Waals surface area contributed by atoms with E-state index in [0.717, 1.165) is 11.8 Å². The molecule has 0 amide bonds. The molecule has 1 saturated carbocycles. The van der Waals surface area contributed by atoms with E-state index < -0.39 is 17.3 Å². The Morgan fingerprint density at radius 3 is 2.40 bits per heavy atom. The van der Waals surface area contributed by atoms with Gasteiger partial charge in [-0.3, -0.25) is 9.59 Å². The fraction of sp³-hybridized carbons (Fsp3) is 0.438. The van der Waals surface area contributed by atoms with E-state index >= 15 is 0 Å². The first-order valence-electron chi connectivity index (χ1n) is 6.72. The van der Waals surface area contributed by atoms with E-state index in [-0.39, 0.29) is 18.0 Å². The van der Waals surface area contributed by atoms with Crippen LogP contribution in [0.1, 0.15) is 25.8 Å². The molecule has 0 aliphatic heterocycles. The second kappa shape index (κ2) is 5.19. The van der Waals surface area contributed by atoms with E-state index in [1.165, 1.54) is 0 Å². The van der Waals surface area contributed by atoms with E-state index in [2.05, 4.69) is 0 Å². The smallest absolute Gasteiger partial charge is 0.148 e. The number of ketones is 2. The van der Waals surface area contributed by atoms with Crippen LogP contribution in [-0.4, -0.2) is 17.9 Å². The number of carbonyl (C=O) groups excluding carboxylic acids is 3. The van der Waals surface area contributed by atoms with Crippen LogP contribution < -0.4 is 5.73 Å². The molecule has 0 spiro atoms. The summed E-state index contributed by atoms with van der Waals surface area (Å²) in [7, 11) is 0. The van der Waals surface area contributed by atoms with Crippen molar-refractivity contribution >= 4 is 23.5 Å². The molecule has 1 aromatic carbocycles. The van der Waals surface area contributed by atoms with Crippen molar-refractivity contribution in [3.63, 3.8) is 0 Å². The molecule has 2 N–H and O–H groups in total. The van der Waals surface area contributed by atoms with Gasteiger partial charge >= 0.3 is 0 Å². The quantitative estimate of drug-likeness (QED) is 0.515. The van der Waals surface area contributed by atoms with Gasteiger partial charge in [0.2, 0.25) is 0 Å². The third-order valence-electron chi connectivity index (χ3n) is 4.10. The molecule has 2 rings (SSSR count). The van der Waals surface area contributed by atoms with Crippen molar-refractivity contribution in [3.05, 3.63) is 29.8 Å². The highest BCUT2D eigenvalue weighted by Gasteiger charge is 2.47. The summed E-state index contributed by atoms with van der Waals surface area (Å²) in [5, 5.41) is 0. The topological polar surface area (TPSA) is 77.2 Å². The molecule has 0 heterocycles. The summed E-state index contributed by atoms with van der Waals surface area (Å²) in [6.07, 6.45) is 1.34. The van der Waals surface area contributed by atoms with Gasteiger partial charge in [0.05, 0.1) is 5.92 Å². The average molecular weight is 273 g/mol. The summed E-state index contributed by atoms with van der Waals surface area (Å²) in [4.78, 5) is 35.5. The first-order valence-corrected chi connectivity index (χ1v) is 6.72. The van der Waals surface area contributed by atoms with Gasteiger partial charge in [-0.1, -0.05) is 26.0 Å². The molecule has 4 heteroatoms. The summed E-state index contributed by atoms with van der Waals surface area (Å²) in [5.41, 5.74) is 6.40. The molecule has 1 fully saturated rings. The van der Waals surface area contributed by atoms with Crippen molar-refractivity contribution in [2.75, 3.05) is 5.73 Å². The van der Waals surface area contributed by atoms with Gasteiger partial charge in [-0.25, -0.2) is 0 Å². The summed E-state index contributed by atoms with van der Waals surface area (Å²) in [6.45, 7) is 3.42. The highest BCUT2D eigenvalue weighted by molar-refractivity contribution is 6.11. The Morgan fingerprint density at radius 1 is 1.25 bits per heavy atom. The Labute approximate surface area is 118 Å². The predicted octanol–water partition coefficient (Wildman–Crippen LogP) is 1.81. The largest absolute Gasteiger partial charge is 0.399 e. The zero-order chi connectivity index (χ0) is 14.9. The first kappa shape index (κ1) is 14.4. The minimum Gasteiger partial charge on any atom is -0.399 e. The third-order valence-corrected chi connectivity index (χ3v) is 4.10. The lowest BCUT2D eigenvalue weighted by Gasteiger charge is -2.23. The van der Waals surface area contributed by atoms with Gasteiger partial charge in [0, 0.05) is 23.4 Å². The minimum atomic E-state index is -0.775. The lowest BCUT2D eigenvalue weighted by Crippen LogP contribution is -2.31. The van der Waals surface area contributed by atoms with Gasteiger partial charge in [0.25, 0.3) is 0 Å². The molecule has 4 nitrogen and oxygen atoms in total. The molecule has 1 unspecified atom stereocenters. The van der Waals surface area contributed by atoms with E-state index in [0.29, 0.717) is 12.1 Å². The molecule has 2 atom stereocenters. The van der Waals surface area contributed by atoms with Crippen LogP contribution in [0, 0.1) is 17.3 Å². The van der Waals surface area contributed by atoms with Gasteiger partial charge in [-0.15, -0.1) is 0 Å². The number of rotatable bonds is 4. The summed E-state index contributed by atoms with van der Waals surface area (Å²) < 4.78 is 0. The molecule has 0 bridgehead atoms. The maximum atomic E-state index is 12.4. The number of nitrogen functional groups attached to an aromatic ring is 1. The maximum absolute atomic E-state index is 12.4. The number of carbonyl (C=O) groups is 3. The van der Waals surface area contributed by atoms with Crippen LogP contribution in [0.5, 0.6) is 0 Å². The lowest BCUT2D eigenvalue weighted by atomic mass is 9.77. The van der Waals surface area contributed by atoms with Crippen LogP contribution in [0.4, 0.5) is 5.69 Å². The molecule has 0 aromatic heterocycles. The lowest BCUT2D eigenvalue weighted by molar-refractivity contribution is -0.132. The minimum absolute atomic E-state index is 0.0632. The maximum Gasteiger partial charge on any atom is 0.148 e. The van der Waals surface area contributed by atoms with Gasteiger partial charge in [0.1, 0.15) is 17.9 Å². The molecule has 0 saturated heterocycles. The SMILES string of the molecule is CC(C)(C=O)[C@H]1CC(=O)C(Cc2ccc(N)cc2)C1=O. The standard InChI is InChI=1S/C16H19NO3/c1-16(2,9-18)13-8-14(19)12(15(13)20)7-10-3-5-11(17)6-4-10/h3-6,9,12-13H,7-8,17H2,1-2H3/t12?,13-/m0/s1. The Hall–Kier alpha value is -1.97. The Kier molecular flexibility index (Phi) is 3.75. The van der Waals surface area contributed by atoms with E-state index in [4.69, 9.17) is 5.73 Å². The van der Waals surface area contributed by atoms with Gasteiger partial charge in [0.15, 0.2) is 0 Å². The Bertz CT molecular complexity index is 545. The number of Topliss-reactive ketones (excluding diaryl/α,β-unsaturated/α-hetero) is 2. The predicted molar refractivity (Wildman–Crippen MR) is 76.0 cm³/mol. The Balaban J connectivity index is 2.17. The van der Waals surface area contributed by atoms with Gasteiger partial charge in [-0.05, 0) is 24.1 Å². The number of benzene rings is 1. The van der Waals surface area contributed by atoms with Crippen LogP contribution >= 0.6 is 0 Å². The highest BCUT2D eigenvalue weighted by atomic mass is 16.2. The first-order chi connectivity index (χ1) is 9.35. The van der Waals surface area contributed by atoms with Crippen LogP contribution in [0.25, 0.3) is 0 Å². The van der Waals surface area contributed by atoms with Crippen molar-refractivity contribution in [2.24, 2.45) is 17.3 Å². The van der Waals surface area contributed by atoms with Crippen molar-refractivity contribution in [2.45, 2.75) is 26.7 Å². The monoisotopic (exact) mass is 273 g/mol. The van der Waals surface area contributed by atoms with E-state index in [1.54, 1.807) is 26.0 Å². The van der Waals surface area contributed by atoms with Crippen LogP contribution in [-0.2, 0) is 20.8 Å². The number of hydrogen-bond acceptors (Lipinski definition) is 4. The number of anilines is 1. The summed E-state index contributed by atoms with van der Waals surface area (Å²) >= 11 is 0. The normalized spacial score (nSPS) is 23.1. The third kappa shape index (κ3) is 2.64. The number of hydrogen-bond donors (Lipinski definition) is 1. The van der Waals surface area contributed by atoms with Crippen molar-refractivity contribution in [3.8, 4) is 0 Å². The van der Waals surface area contributed by atoms with E-state index in [1.807, 2.05) is 12.1 Å². The summed E-state index contributed by atoms with van der Waals surface area (Å²) in [6, 6.07) is 7.17. The molecular weight excluding hydrogens is 254 g/mol. The zero-order valence-electron chi connectivity index (χ0n) is 11.8. The second-order valence-corrected chi connectivity index (χ2v) is 6.06. The average Bonchev–Trinajstić information content (AvgIpc) is 2.70. The van der Waals surface area contributed by atoms with Gasteiger partial charge < -0.3 is 10.5 Å². The molecule has 1 aliphatic carbocycles. The fourth-order valence-corrected chi connectivity index (χ4v) is 2.66. The van der Waals surface area contributed by atoms with Crippen molar-refractivity contribution in [1.29, 1.82) is 0 Å². The van der Waals surface area contributed by atoms with Crippen LogP contribution in [0.15, 0.2) is 24.3 Å². The molecule has 1 aliphatic rings. The summed E-state index contributed by atoms with van der Waals surface area (Å²) in [5.74, 6) is -1.29. The zero-order valence-corrected chi connectivity index (χ0v) is 11.8. The number of nitrogens with two attached hydrogens (primary N) is 1. The highest BCUT2D eigenvalue weighted by Crippen LogP contribution is 2.37. The van der Waals surface area contributed by atoms with Crippen molar-refractivity contribution in [1.82, 2.24) is 0 Å².